The molecule has 1 N–H and O–H groups in total. The van der Waals surface area contributed by atoms with Gasteiger partial charge in [-0.1, -0.05) is 38.2 Å². The maximum absolute atomic E-state index is 13.4. The van der Waals surface area contributed by atoms with Gasteiger partial charge in [0.05, 0.1) is 7.11 Å². The van der Waals surface area contributed by atoms with E-state index in [9.17, 15) is 4.39 Å². The maximum Gasteiger partial charge on any atom is 0.165 e. The Morgan fingerprint density at radius 3 is 2.75 bits per heavy atom. The summed E-state index contributed by atoms with van der Waals surface area (Å²) in [5, 5.41) is 3.54. The minimum atomic E-state index is -0.300. The predicted octanol–water partition coefficient (Wildman–Crippen LogP) is 4.46. The summed E-state index contributed by atoms with van der Waals surface area (Å²) in [5.74, 6) is 0.917. The second-order valence-electron chi connectivity index (χ2n) is 5.86. The van der Waals surface area contributed by atoms with Crippen LogP contribution in [0.5, 0.6) is 5.75 Å². The van der Waals surface area contributed by atoms with Crippen LogP contribution in [0.2, 0.25) is 0 Å². The third kappa shape index (κ3) is 4.20. The molecular formula is C17H26FNO. The van der Waals surface area contributed by atoms with Gasteiger partial charge in [-0.2, -0.15) is 0 Å². The van der Waals surface area contributed by atoms with Gasteiger partial charge in [-0.25, -0.2) is 4.39 Å². The first-order chi connectivity index (χ1) is 9.70. The lowest BCUT2D eigenvalue weighted by atomic mass is 9.87. The molecule has 0 heterocycles. The van der Waals surface area contributed by atoms with Crippen molar-refractivity contribution in [3.8, 4) is 5.75 Å². The van der Waals surface area contributed by atoms with E-state index in [1.807, 2.05) is 6.07 Å². The highest BCUT2D eigenvalue weighted by molar-refractivity contribution is 5.31. The fraction of sp³-hybridized carbons (Fsp3) is 0.647. The molecule has 0 amide bonds. The molecule has 0 bridgehead atoms. The van der Waals surface area contributed by atoms with Gasteiger partial charge in [0, 0.05) is 6.04 Å². The van der Waals surface area contributed by atoms with E-state index < -0.39 is 0 Å². The lowest BCUT2D eigenvalue weighted by Crippen LogP contribution is -2.22. The fourth-order valence-electron chi connectivity index (χ4n) is 3.04. The third-order valence-electron chi connectivity index (χ3n) is 4.40. The van der Waals surface area contributed by atoms with Crippen molar-refractivity contribution in [1.82, 2.24) is 5.32 Å². The number of hydrogen-bond donors (Lipinski definition) is 1. The molecule has 2 rings (SSSR count). The normalized spacial score (nSPS) is 17.9. The maximum atomic E-state index is 13.4. The van der Waals surface area contributed by atoms with E-state index in [4.69, 9.17) is 4.74 Å². The molecular weight excluding hydrogens is 253 g/mol. The Bertz CT molecular complexity index is 415. The van der Waals surface area contributed by atoms with E-state index >= 15 is 0 Å². The van der Waals surface area contributed by atoms with E-state index in [0.717, 1.165) is 18.0 Å². The van der Waals surface area contributed by atoms with Crippen molar-refractivity contribution in [2.75, 3.05) is 13.7 Å². The molecule has 1 aliphatic carbocycles. The fourth-order valence-corrected chi connectivity index (χ4v) is 3.04. The highest BCUT2D eigenvalue weighted by atomic mass is 19.1. The number of halogens is 1. The monoisotopic (exact) mass is 279 g/mol. The Balaban J connectivity index is 1.80. The SMILES string of the molecule is COc1cc(C(C)NCCC2CCCCC2)ccc1F. The van der Waals surface area contributed by atoms with Crippen LogP contribution in [0.3, 0.4) is 0 Å². The second kappa shape index (κ2) is 7.63. The average molecular weight is 279 g/mol. The lowest BCUT2D eigenvalue weighted by Gasteiger charge is -2.23. The zero-order valence-electron chi connectivity index (χ0n) is 12.6. The zero-order valence-corrected chi connectivity index (χ0v) is 12.6. The number of methoxy groups -OCH3 is 1. The molecule has 1 aliphatic rings. The highest BCUT2D eigenvalue weighted by Gasteiger charge is 2.14. The van der Waals surface area contributed by atoms with E-state index in [2.05, 4.69) is 12.2 Å². The first-order valence-electron chi connectivity index (χ1n) is 7.77. The van der Waals surface area contributed by atoms with Gasteiger partial charge in [0.15, 0.2) is 11.6 Å². The minimum Gasteiger partial charge on any atom is -0.494 e. The molecule has 0 saturated heterocycles. The highest BCUT2D eigenvalue weighted by Crippen LogP contribution is 2.26. The first kappa shape index (κ1) is 15.3. The molecule has 1 aromatic rings. The summed E-state index contributed by atoms with van der Waals surface area (Å²) in [5.41, 5.74) is 1.08. The molecule has 1 saturated carbocycles. The summed E-state index contributed by atoms with van der Waals surface area (Å²) in [7, 11) is 1.50. The molecule has 1 aromatic carbocycles. The Hall–Kier alpha value is -1.09. The summed E-state index contributed by atoms with van der Waals surface area (Å²) in [6, 6.07) is 5.32. The summed E-state index contributed by atoms with van der Waals surface area (Å²) >= 11 is 0. The first-order valence-corrected chi connectivity index (χ1v) is 7.77. The van der Waals surface area contributed by atoms with Crippen LogP contribution >= 0.6 is 0 Å². The van der Waals surface area contributed by atoms with Crippen molar-refractivity contribution >= 4 is 0 Å². The lowest BCUT2D eigenvalue weighted by molar-refractivity contribution is 0.329. The van der Waals surface area contributed by atoms with Crippen LogP contribution in [-0.2, 0) is 0 Å². The largest absolute Gasteiger partial charge is 0.494 e. The van der Waals surface area contributed by atoms with Crippen LogP contribution in [0.15, 0.2) is 18.2 Å². The number of benzene rings is 1. The van der Waals surface area contributed by atoms with Gasteiger partial charge in [0.1, 0.15) is 0 Å². The van der Waals surface area contributed by atoms with Crippen molar-refractivity contribution in [3.05, 3.63) is 29.6 Å². The Morgan fingerprint density at radius 2 is 2.05 bits per heavy atom. The van der Waals surface area contributed by atoms with Crippen molar-refractivity contribution in [1.29, 1.82) is 0 Å². The molecule has 1 unspecified atom stereocenters. The van der Waals surface area contributed by atoms with Gasteiger partial charge in [-0.3, -0.25) is 0 Å². The molecule has 0 aromatic heterocycles. The van der Waals surface area contributed by atoms with Gasteiger partial charge in [-0.15, -0.1) is 0 Å². The molecule has 3 heteroatoms. The van der Waals surface area contributed by atoms with E-state index in [1.54, 1.807) is 6.07 Å². The minimum absolute atomic E-state index is 0.230. The van der Waals surface area contributed by atoms with Gasteiger partial charge in [-0.05, 0) is 43.5 Å². The van der Waals surface area contributed by atoms with Crippen molar-refractivity contribution in [2.45, 2.75) is 51.5 Å². The number of ether oxygens (including phenoxy) is 1. The van der Waals surface area contributed by atoms with E-state index in [-0.39, 0.29) is 11.9 Å². The van der Waals surface area contributed by atoms with Crippen LogP contribution in [0, 0.1) is 11.7 Å². The van der Waals surface area contributed by atoms with Gasteiger partial charge in [0.2, 0.25) is 0 Å². The van der Waals surface area contributed by atoms with Crippen molar-refractivity contribution in [2.24, 2.45) is 5.92 Å². The summed E-state index contributed by atoms with van der Waals surface area (Å²) in [4.78, 5) is 0. The quantitative estimate of drug-likeness (QED) is 0.830. The second-order valence-corrected chi connectivity index (χ2v) is 5.86. The van der Waals surface area contributed by atoms with Gasteiger partial charge < -0.3 is 10.1 Å². The number of rotatable bonds is 6. The van der Waals surface area contributed by atoms with Gasteiger partial charge in [0.25, 0.3) is 0 Å². The Labute approximate surface area is 121 Å². The predicted molar refractivity (Wildman–Crippen MR) is 80.6 cm³/mol. The molecule has 0 radical (unpaired) electrons. The van der Waals surface area contributed by atoms with Crippen LogP contribution in [0.4, 0.5) is 4.39 Å². The summed E-state index contributed by atoms with van der Waals surface area (Å²) < 4.78 is 18.4. The molecule has 1 fully saturated rings. The molecule has 1 atom stereocenters. The van der Waals surface area contributed by atoms with Crippen LogP contribution in [-0.4, -0.2) is 13.7 Å². The zero-order chi connectivity index (χ0) is 14.4. The summed E-state index contributed by atoms with van der Waals surface area (Å²) in [6.07, 6.45) is 8.24. The Kier molecular flexibility index (Phi) is 5.84. The molecule has 20 heavy (non-hydrogen) atoms. The average Bonchev–Trinajstić information content (AvgIpc) is 2.48. The van der Waals surface area contributed by atoms with Gasteiger partial charge >= 0.3 is 0 Å². The van der Waals surface area contributed by atoms with E-state index in [0.29, 0.717) is 5.75 Å². The third-order valence-corrected chi connectivity index (χ3v) is 4.40. The smallest absolute Gasteiger partial charge is 0.165 e. The van der Waals surface area contributed by atoms with Crippen molar-refractivity contribution < 1.29 is 9.13 Å². The van der Waals surface area contributed by atoms with Crippen molar-refractivity contribution in [3.63, 3.8) is 0 Å². The Morgan fingerprint density at radius 1 is 1.30 bits per heavy atom. The number of hydrogen-bond acceptors (Lipinski definition) is 2. The standard InChI is InChI=1S/C17H26FNO/c1-13(15-8-9-16(18)17(12-15)20-2)19-11-10-14-6-4-3-5-7-14/h8-9,12-14,19H,3-7,10-11H2,1-2H3. The summed E-state index contributed by atoms with van der Waals surface area (Å²) in [6.45, 7) is 3.15. The van der Waals surface area contributed by atoms with Crippen LogP contribution < -0.4 is 10.1 Å². The topological polar surface area (TPSA) is 21.3 Å². The molecule has 2 nitrogen and oxygen atoms in total. The molecule has 112 valence electrons. The molecule has 0 aliphatic heterocycles. The molecule has 0 spiro atoms. The van der Waals surface area contributed by atoms with Crippen LogP contribution in [0.25, 0.3) is 0 Å². The van der Waals surface area contributed by atoms with E-state index in [1.165, 1.54) is 51.7 Å². The number of nitrogens with one attached hydrogen (secondary N) is 1. The van der Waals surface area contributed by atoms with Crippen LogP contribution in [0.1, 0.15) is 57.1 Å².